The average Bonchev–Trinajstić information content (AvgIpc) is 2.86. The van der Waals surface area contributed by atoms with E-state index in [0.29, 0.717) is 0 Å². The minimum Gasteiger partial charge on any atom is -0.493 e. The lowest BCUT2D eigenvalue weighted by Crippen LogP contribution is -2.38. The van der Waals surface area contributed by atoms with Crippen molar-refractivity contribution >= 4 is 0 Å². The monoisotopic (exact) mass is 262 g/mol. The van der Waals surface area contributed by atoms with Crippen LogP contribution in [0.1, 0.15) is 57.6 Å². The van der Waals surface area contributed by atoms with Crippen LogP contribution in [0.4, 0.5) is 0 Å². The van der Waals surface area contributed by atoms with Crippen molar-refractivity contribution in [3.05, 3.63) is 29.8 Å². The molecule has 106 valence electrons. The SMILES string of the molecule is CCCOc1ccccc1C(NN)C1(C)CCCC1. The van der Waals surface area contributed by atoms with Gasteiger partial charge in [-0.3, -0.25) is 11.3 Å². The van der Waals surface area contributed by atoms with E-state index in [1.165, 1.54) is 31.2 Å². The summed E-state index contributed by atoms with van der Waals surface area (Å²) in [6.45, 7) is 5.21. The first-order valence-corrected chi connectivity index (χ1v) is 7.39. The van der Waals surface area contributed by atoms with Gasteiger partial charge in [0, 0.05) is 5.56 Å². The van der Waals surface area contributed by atoms with Crippen molar-refractivity contribution in [2.45, 2.75) is 52.0 Å². The van der Waals surface area contributed by atoms with E-state index in [-0.39, 0.29) is 11.5 Å². The molecule has 1 fully saturated rings. The van der Waals surface area contributed by atoms with Crippen LogP contribution in [0.2, 0.25) is 0 Å². The van der Waals surface area contributed by atoms with Gasteiger partial charge in [-0.1, -0.05) is 44.9 Å². The molecule has 0 radical (unpaired) electrons. The minimum absolute atomic E-state index is 0.169. The van der Waals surface area contributed by atoms with Gasteiger partial charge in [0.15, 0.2) is 0 Å². The molecule has 0 aromatic heterocycles. The Morgan fingerprint density at radius 3 is 2.63 bits per heavy atom. The molecule has 0 spiro atoms. The Morgan fingerprint density at radius 2 is 2.00 bits per heavy atom. The summed E-state index contributed by atoms with van der Waals surface area (Å²) in [5.74, 6) is 6.83. The van der Waals surface area contributed by atoms with E-state index in [1.54, 1.807) is 0 Å². The third kappa shape index (κ3) is 3.10. The second-order valence-electron chi connectivity index (χ2n) is 5.85. The first kappa shape index (κ1) is 14.4. The number of benzene rings is 1. The predicted molar refractivity (Wildman–Crippen MR) is 78.9 cm³/mol. The standard InChI is InChI=1S/C16H26N2O/c1-3-12-19-14-9-5-4-8-13(14)15(18-17)16(2)10-6-7-11-16/h4-5,8-9,15,18H,3,6-7,10-12,17H2,1-2H3. The average molecular weight is 262 g/mol. The van der Waals surface area contributed by atoms with Crippen molar-refractivity contribution in [3.8, 4) is 5.75 Å². The van der Waals surface area contributed by atoms with Crippen LogP contribution in [0.25, 0.3) is 0 Å². The topological polar surface area (TPSA) is 47.3 Å². The molecule has 0 amide bonds. The number of hydrogen-bond acceptors (Lipinski definition) is 3. The van der Waals surface area contributed by atoms with Gasteiger partial charge in [0.05, 0.1) is 12.6 Å². The van der Waals surface area contributed by atoms with Crippen LogP contribution in [0.5, 0.6) is 5.75 Å². The highest BCUT2D eigenvalue weighted by molar-refractivity contribution is 5.37. The van der Waals surface area contributed by atoms with E-state index in [0.717, 1.165) is 18.8 Å². The van der Waals surface area contributed by atoms with Gasteiger partial charge in [0.1, 0.15) is 5.75 Å². The zero-order valence-corrected chi connectivity index (χ0v) is 12.1. The van der Waals surface area contributed by atoms with Crippen molar-refractivity contribution in [2.75, 3.05) is 6.61 Å². The highest BCUT2D eigenvalue weighted by atomic mass is 16.5. The maximum atomic E-state index is 5.88. The first-order chi connectivity index (χ1) is 9.21. The summed E-state index contributed by atoms with van der Waals surface area (Å²) >= 11 is 0. The molecule has 19 heavy (non-hydrogen) atoms. The van der Waals surface area contributed by atoms with Crippen molar-refractivity contribution < 1.29 is 4.74 Å². The Labute approximate surface area is 116 Å². The number of nitrogens with two attached hydrogens (primary N) is 1. The summed E-state index contributed by atoms with van der Waals surface area (Å²) in [7, 11) is 0. The van der Waals surface area contributed by atoms with Crippen LogP contribution in [-0.2, 0) is 0 Å². The molecule has 0 bridgehead atoms. The maximum absolute atomic E-state index is 5.88. The molecule has 1 aromatic rings. The van der Waals surface area contributed by atoms with E-state index in [9.17, 15) is 0 Å². The van der Waals surface area contributed by atoms with Crippen LogP contribution in [0.15, 0.2) is 24.3 Å². The molecule has 1 atom stereocenters. The smallest absolute Gasteiger partial charge is 0.124 e. The summed E-state index contributed by atoms with van der Waals surface area (Å²) in [6, 6.07) is 8.45. The fourth-order valence-electron chi connectivity index (χ4n) is 3.20. The highest BCUT2D eigenvalue weighted by Gasteiger charge is 2.38. The van der Waals surface area contributed by atoms with Crippen LogP contribution in [-0.4, -0.2) is 6.61 Å². The zero-order chi connectivity index (χ0) is 13.7. The summed E-state index contributed by atoms with van der Waals surface area (Å²) in [5, 5.41) is 0. The minimum atomic E-state index is 0.169. The second-order valence-corrected chi connectivity index (χ2v) is 5.85. The summed E-state index contributed by atoms with van der Waals surface area (Å²) in [6.07, 6.45) is 6.07. The lowest BCUT2D eigenvalue weighted by Gasteiger charge is -2.34. The van der Waals surface area contributed by atoms with Gasteiger partial charge in [0.2, 0.25) is 0 Å². The van der Waals surface area contributed by atoms with Crippen molar-refractivity contribution in [2.24, 2.45) is 11.3 Å². The lowest BCUT2D eigenvalue weighted by molar-refractivity contribution is 0.216. The number of hydrazine groups is 1. The Morgan fingerprint density at radius 1 is 1.32 bits per heavy atom. The van der Waals surface area contributed by atoms with Gasteiger partial charge in [-0.05, 0) is 30.7 Å². The quantitative estimate of drug-likeness (QED) is 0.608. The molecule has 0 saturated heterocycles. The van der Waals surface area contributed by atoms with E-state index < -0.39 is 0 Å². The van der Waals surface area contributed by atoms with Crippen LogP contribution < -0.4 is 16.0 Å². The third-order valence-corrected chi connectivity index (χ3v) is 4.30. The molecule has 0 heterocycles. The van der Waals surface area contributed by atoms with Crippen molar-refractivity contribution in [3.63, 3.8) is 0 Å². The van der Waals surface area contributed by atoms with Gasteiger partial charge in [-0.15, -0.1) is 0 Å². The predicted octanol–water partition coefficient (Wildman–Crippen LogP) is 3.56. The molecular weight excluding hydrogens is 236 g/mol. The third-order valence-electron chi connectivity index (χ3n) is 4.30. The van der Waals surface area contributed by atoms with E-state index >= 15 is 0 Å². The molecule has 3 heteroatoms. The van der Waals surface area contributed by atoms with Crippen LogP contribution in [0, 0.1) is 5.41 Å². The largest absolute Gasteiger partial charge is 0.493 e. The van der Waals surface area contributed by atoms with E-state index in [2.05, 4.69) is 31.4 Å². The van der Waals surface area contributed by atoms with E-state index in [1.807, 2.05) is 12.1 Å². The number of para-hydroxylation sites is 1. The van der Waals surface area contributed by atoms with Crippen LogP contribution in [0.3, 0.4) is 0 Å². The van der Waals surface area contributed by atoms with E-state index in [4.69, 9.17) is 10.6 Å². The summed E-state index contributed by atoms with van der Waals surface area (Å²) in [5.41, 5.74) is 4.47. The lowest BCUT2D eigenvalue weighted by atomic mass is 9.77. The van der Waals surface area contributed by atoms with Gasteiger partial charge in [-0.25, -0.2) is 0 Å². The fourth-order valence-corrected chi connectivity index (χ4v) is 3.20. The Balaban J connectivity index is 2.27. The molecular formula is C16H26N2O. The summed E-state index contributed by atoms with van der Waals surface area (Å²) in [4.78, 5) is 0. The van der Waals surface area contributed by atoms with Crippen molar-refractivity contribution in [1.29, 1.82) is 0 Å². The second kappa shape index (κ2) is 6.40. The van der Waals surface area contributed by atoms with Gasteiger partial charge in [0.25, 0.3) is 0 Å². The molecule has 2 rings (SSSR count). The molecule has 1 aliphatic rings. The number of ether oxygens (including phenoxy) is 1. The van der Waals surface area contributed by atoms with Gasteiger partial charge in [-0.2, -0.15) is 0 Å². The first-order valence-electron chi connectivity index (χ1n) is 7.39. The maximum Gasteiger partial charge on any atom is 0.124 e. The van der Waals surface area contributed by atoms with Crippen molar-refractivity contribution in [1.82, 2.24) is 5.43 Å². The number of nitrogens with one attached hydrogen (secondary N) is 1. The normalized spacial score (nSPS) is 19.3. The zero-order valence-electron chi connectivity index (χ0n) is 12.1. The fraction of sp³-hybridized carbons (Fsp3) is 0.625. The number of hydrogen-bond donors (Lipinski definition) is 2. The molecule has 3 N–H and O–H groups in total. The molecule has 3 nitrogen and oxygen atoms in total. The van der Waals surface area contributed by atoms with Gasteiger partial charge < -0.3 is 4.74 Å². The molecule has 1 saturated carbocycles. The molecule has 1 aromatic carbocycles. The molecule has 1 unspecified atom stereocenters. The highest BCUT2D eigenvalue weighted by Crippen LogP contribution is 2.48. The van der Waals surface area contributed by atoms with Gasteiger partial charge >= 0.3 is 0 Å². The molecule has 1 aliphatic carbocycles. The molecule has 0 aliphatic heterocycles. The Bertz CT molecular complexity index is 399. The van der Waals surface area contributed by atoms with Crippen LogP contribution >= 0.6 is 0 Å². The Hall–Kier alpha value is -1.06. The number of rotatable bonds is 6. The Kier molecular flexibility index (Phi) is 4.83. The summed E-state index contributed by atoms with van der Waals surface area (Å²) < 4.78 is 5.88.